The summed E-state index contributed by atoms with van der Waals surface area (Å²) in [7, 11) is 0. The minimum Gasteiger partial charge on any atom is -0.444 e. The normalized spacial score (nSPS) is 13.7. The maximum atomic E-state index is 11.7. The number of hydrogen-bond donors (Lipinski definition) is 1. The van der Waals surface area contributed by atoms with E-state index in [-0.39, 0.29) is 17.4 Å². The van der Waals surface area contributed by atoms with Gasteiger partial charge in [-0.05, 0) is 40.4 Å². The summed E-state index contributed by atoms with van der Waals surface area (Å²) >= 11 is 3.16. The molecule has 1 aromatic rings. The van der Waals surface area contributed by atoms with Gasteiger partial charge in [0.2, 0.25) is 0 Å². The quantitative estimate of drug-likeness (QED) is 0.899. The van der Waals surface area contributed by atoms with E-state index in [0.29, 0.717) is 10.4 Å². The van der Waals surface area contributed by atoms with Gasteiger partial charge in [-0.3, -0.25) is 4.79 Å². The average Bonchev–Trinajstić information content (AvgIpc) is 2.50. The summed E-state index contributed by atoms with van der Waals surface area (Å²) in [5.74, 6) is 0.154. The first-order chi connectivity index (χ1) is 6.80. The Kier molecular flexibility index (Phi) is 3.60. The maximum absolute atomic E-state index is 11.7. The van der Waals surface area contributed by atoms with Crippen LogP contribution in [0.15, 0.2) is 21.2 Å². The van der Waals surface area contributed by atoms with Gasteiger partial charge in [0.25, 0.3) is 5.91 Å². The zero-order chi connectivity index (χ0) is 11.6. The van der Waals surface area contributed by atoms with Crippen LogP contribution >= 0.6 is 15.9 Å². The van der Waals surface area contributed by atoms with Crippen molar-refractivity contribution < 1.29 is 9.21 Å². The number of furan rings is 1. The fraction of sp³-hybridized carbons (Fsp3) is 0.545. The second-order valence-corrected chi connectivity index (χ2v) is 5.45. The molecule has 0 radical (unpaired) electrons. The van der Waals surface area contributed by atoms with Crippen molar-refractivity contribution in [3.63, 3.8) is 0 Å². The standard InChI is InChI=1S/C11H16BrNO2/c1-7(11(2,3)4)13-10(14)8-5-6-9(12)15-8/h5-7H,1-4H3,(H,13,14). The van der Waals surface area contributed by atoms with Gasteiger partial charge in [0.15, 0.2) is 10.4 Å². The van der Waals surface area contributed by atoms with Crippen LogP contribution in [0.25, 0.3) is 0 Å². The third-order valence-corrected chi connectivity index (χ3v) is 2.87. The van der Waals surface area contributed by atoms with Crippen molar-refractivity contribution in [1.29, 1.82) is 0 Å². The molecule has 1 N–H and O–H groups in total. The molecule has 0 aliphatic heterocycles. The van der Waals surface area contributed by atoms with E-state index in [2.05, 4.69) is 42.0 Å². The number of hydrogen-bond acceptors (Lipinski definition) is 2. The van der Waals surface area contributed by atoms with Crippen LogP contribution in [0.5, 0.6) is 0 Å². The first kappa shape index (κ1) is 12.3. The Labute approximate surface area is 98.4 Å². The van der Waals surface area contributed by atoms with Crippen LogP contribution in [0, 0.1) is 5.41 Å². The van der Waals surface area contributed by atoms with Crippen LogP contribution in [0.1, 0.15) is 38.2 Å². The van der Waals surface area contributed by atoms with Gasteiger partial charge in [-0.25, -0.2) is 0 Å². The third kappa shape index (κ3) is 3.38. The van der Waals surface area contributed by atoms with E-state index >= 15 is 0 Å². The molecule has 1 atom stereocenters. The van der Waals surface area contributed by atoms with Crippen molar-refractivity contribution in [2.45, 2.75) is 33.7 Å². The van der Waals surface area contributed by atoms with Crippen molar-refractivity contribution in [1.82, 2.24) is 5.32 Å². The van der Waals surface area contributed by atoms with Crippen LogP contribution in [0.2, 0.25) is 0 Å². The highest BCUT2D eigenvalue weighted by Gasteiger charge is 2.23. The Hall–Kier alpha value is -0.770. The predicted molar refractivity (Wildman–Crippen MR) is 62.8 cm³/mol. The molecule has 0 saturated heterocycles. The lowest BCUT2D eigenvalue weighted by molar-refractivity contribution is 0.0880. The Morgan fingerprint density at radius 3 is 2.47 bits per heavy atom. The molecule has 0 aromatic carbocycles. The molecule has 0 fully saturated rings. The maximum Gasteiger partial charge on any atom is 0.287 e. The lowest BCUT2D eigenvalue weighted by Gasteiger charge is -2.27. The Morgan fingerprint density at radius 1 is 1.47 bits per heavy atom. The lowest BCUT2D eigenvalue weighted by Crippen LogP contribution is -2.41. The van der Waals surface area contributed by atoms with E-state index in [1.807, 2.05) is 6.92 Å². The fourth-order valence-corrected chi connectivity index (χ4v) is 1.23. The SMILES string of the molecule is CC(NC(=O)c1ccc(Br)o1)C(C)(C)C. The van der Waals surface area contributed by atoms with Crippen molar-refractivity contribution in [3.8, 4) is 0 Å². The lowest BCUT2D eigenvalue weighted by atomic mass is 9.88. The molecule has 1 rings (SSSR count). The Bertz CT molecular complexity index is 352. The van der Waals surface area contributed by atoms with Crippen LogP contribution < -0.4 is 5.32 Å². The minimum absolute atomic E-state index is 0.0412. The molecule has 15 heavy (non-hydrogen) atoms. The number of amides is 1. The Morgan fingerprint density at radius 2 is 2.07 bits per heavy atom. The molecule has 0 aliphatic rings. The number of halogens is 1. The first-order valence-electron chi connectivity index (χ1n) is 4.87. The molecule has 0 saturated carbocycles. The first-order valence-corrected chi connectivity index (χ1v) is 5.66. The second kappa shape index (κ2) is 4.39. The summed E-state index contributed by atoms with van der Waals surface area (Å²) in [4.78, 5) is 11.7. The molecule has 0 spiro atoms. The fourth-order valence-electron chi connectivity index (χ4n) is 0.921. The van der Waals surface area contributed by atoms with E-state index in [1.165, 1.54) is 0 Å². The summed E-state index contributed by atoms with van der Waals surface area (Å²) in [6, 6.07) is 3.44. The summed E-state index contributed by atoms with van der Waals surface area (Å²) in [5, 5.41) is 2.90. The monoisotopic (exact) mass is 273 g/mol. The molecular weight excluding hydrogens is 258 g/mol. The van der Waals surface area contributed by atoms with Gasteiger partial charge in [-0.1, -0.05) is 20.8 Å². The van der Waals surface area contributed by atoms with Crippen LogP contribution in [0.4, 0.5) is 0 Å². The van der Waals surface area contributed by atoms with Gasteiger partial charge in [0, 0.05) is 6.04 Å². The highest BCUT2D eigenvalue weighted by Crippen LogP contribution is 2.20. The predicted octanol–water partition coefficient (Wildman–Crippen LogP) is 3.21. The van der Waals surface area contributed by atoms with Gasteiger partial charge < -0.3 is 9.73 Å². The molecule has 1 heterocycles. The van der Waals surface area contributed by atoms with Crippen LogP contribution in [-0.2, 0) is 0 Å². The molecule has 1 amide bonds. The highest BCUT2D eigenvalue weighted by molar-refractivity contribution is 9.10. The Balaban J connectivity index is 2.64. The molecule has 3 nitrogen and oxygen atoms in total. The molecular formula is C11H16BrNO2. The van der Waals surface area contributed by atoms with Crippen LogP contribution in [-0.4, -0.2) is 11.9 Å². The van der Waals surface area contributed by atoms with Gasteiger partial charge in [0.1, 0.15) is 0 Å². The summed E-state index contributed by atoms with van der Waals surface area (Å²) in [5.41, 5.74) is 0.0412. The van der Waals surface area contributed by atoms with E-state index in [1.54, 1.807) is 12.1 Å². The minimum atomic E-state index is -0.178. The summed E-state index contributed by atoms with van der Waals surface area (Å²) in [6.07, 6.45) is 0. The molecule has 0 bridgehead atoms. The molecule has 1 unspecified atom stereocenters. The van der Waals surface area contributed by atoms with E-state index in [9.17, 15) is 4.79 Å². The number of nitrogens with one attached hydrogen (secondary N) is 1. The zero-order valence-electron chi connectivity index (χ0n) is 9.43. The van der Waals surface area contributed by atoms with E-state index in [0.717, 1.165) is 0 Å². The molecule has 4 heteroatoms. The molecule has 84 valence electrons. The zero-order valence-corrected chi connectivity index (χ0v) is 11.0. The smallest absolute Gasteiger partial charge is 0.287 e. The van der Waals surface area contributed by atoms with Crippen molar-refractivity contribution in [2.24, 2.45) is 5.41 Å². The second-order valence-electron chi connectivity index (χ2n) is 4.66. The average molecular weight is 274 g/mol. The highest BCUT2D eigenvalue weighted by atomic mass is 79.9. The summed E-state index contributed by atoms with van der Waals surface area (Å²) < 4.78 is 5.73. The number of rotatable bonds is 2. The van der Waals surface area contributed by atoms with Crippen molar-refractivity contribution >= 4 is 21.8 Å². The number of carbonyl (C=O) groups is 1. The van der Waals surface area contributed by atoms with Gasteiger partial charge >= 0.3 is 0 Å². The van der Waals surface area contributed by atoms with Crippen molar-refractivity contribution in [2.75, 3.05) is 0 Å². The molecule has 1 aromatic heterocycles. The van der Waals surface area contributed by atoms with E-state index in [4.69, 9.17) is 4.42 Å². The topological polar surface area (TPSA) is 42.2 Å². The van der Waals surface area contributed by atoms with Gasteiger partial charge in [-0.2, -0.15) is 0 Å². The van der Waals surface area contributed by atoms with Gasteiger partial charge in [-0.15, -0.1) is 0 Å². The molecule has 0 aliphatic carbocycles. The third-order valence-electron chi connectivity index (χ3n) is 2.44. The largest absolute Gasteiger partial charge is 0.444 e. The van der Waals surface area contributed by atoms with E-state index < -0.39 is 0 Å². The van der Waals surface area contributed by atoms with Gasteiger partial charge in [0.05, 0.1) is 0 Å². The number of carbonyl (C=O) groups excluding carboxylic acids is 1. The van der Waals surface area contributed by atoms with Crippen LogP contribution in [0.3, 0.4) is 0 Å². The summed E-state index contributed by atoms with van der Waals surface area (Å²) in [6.45, 7) is 8.22. The van der Waals surface area contributed by atoms with Crippen molar-refractivity contribution in [3.05, 3.63) is 22.6 Å².